The molecule has 0 aliphatic carbocycles. The molecule has 0 fully saturated rings. The maximum Gasteiger partial charge on any atom is 0.412 e. The third-order valence-electron chi connectivity index (χ3n) is 3.65. The highest BCUT2D eigenvalue weighted by molar-refractivity contribution is 5.99. The van der Waals surface area contributed by atoms with Gasteiger partial charge in [0.15, 0.2) is 5.82 Å². The van der Waals surface area contributed by atoms with Crippen LogP contribution in [0.2, 0.25) is 0 Å². The van der Waals surface area contributed by atoms with E-state index in [-0.39, 0.29) is 24.9 Å². The molecule has 9 nitrogen and oxygen atoms in total. The van der Waals surface area contributed by atoms with Gasteiger partial charge in [0.25, 0.3) is 5.91 Å². The van der Waals surface area contributed by atoms with E-state index >= 15 is 0 Å². The molecule has 1 aromatic carbocycles. The van der Waals surface area contributed by atoms with Crippen LogP contribution in [-0.2, 0) is 11.3 Å². The standard InChI is InChI=1S/C16H18N6O3/c1-3-25-16(24)18-14-8-21(20-19-14)9-15(23)22-10(2)7-11-12(17)5-4-6-13(11)22/h4-8H,3,9,17H2,1-2H3,(H,18,24). The molecular weight excluding hydrogens is 324 g/mol. The van der Waals surface area contributed by atoms with Gasteiger partial charge < -0.3 is 10.5 Å². The number of rotatable bonds is 4. The van der Waals surface area contributed by atoms with Crippen molar-refractivity contribution in [3.63, 3.8) is 0 Å². The number of ether oxygens (including phenoxy) is 1. The molecular formula is C16H18N6O3. The summed E-state index contributed by atoms with van der Waals surface area (Å²) in [5.74, 6) is 0.0234. The summed E-state index contributed by atoms with van der Waals surface area (Å²) in [7, 11) is 0. The zero-order valence-electron chi connectivity index (χ0n) is 13.9. The van der Waals surface area contributed by atoms with Gasteiger partial charge in [-0.3, -0.25) is 14.7 Å². The van der Waals surface area contributed by atoms with Crippen molar-refractivity contribution in [2.45, 2.75) is 20.4 Å². The molecule has 2 heterocycles. The molecule has 130 valence electrons. The molecule has 25 heavy (non-hydrogen) atoms. The van der Waals surface area contributed by atoms with Gasteiger partial charge in [-0.05, 0) is 32.0 Å². The highest BCUT2D eigenvalue weighted by Crippen LogP contribution is 2.24. The number of amides is 1. The van der Waals surface area contributed by atoms with Crippen LogP contribution >= 0.6 is 0 Å². The number of aryl methyl sites for hydroxylation is 1. The normalized spacial score (nSPS) is 10.8. The molecule has 0 aliphatic rings. The largest absolute Gasteiger partial charge is 0.450 e. The number of carbonyl (C=O) groups excluding carboxylic acids is 2. The number of nitrogens with zero attached hydrogens (tertiary/aromatic N) is 4. The minimum Gasteiger partial charge on any atom is -0.450 e. The van der Waals surface area contributed by atoms with E-state index < -0.39 is 6.09 Å². The fourth-order valence-electron chi connectivity index (χ4n) is 2.63. The monoisotopic (exact) mass is 342 g/mol. The lowest BCUT2D eigenvalue weighted by Crippen LogP contribution is -2.19. The second kappa shape index (κ2) is 6.63. The van der Waals surface area contributed by atoms with E-state index in [1.54, 1.807) is 23.6 Å². The first kappa shape index (κ1) is 16.5. The van der Waals surface area contributed by atoms with Crippen molar-refractivity contribution < 1.29 is 14.3 Å². The summed E-state index contributed by atoms with van der Waals surface area (Å²) in [6.45, 7) is 3.76. The van der Waals surface area contributed by atoms with Gasteiger partial charge in [0.1, 0.15) is 6.54 Å². The van der Waals surface area contributed by atoms with Crippen molar-refractivity contribution in [3.05, 3.63) is 36.2 Å². The van der Waals surface area contributed by atoms with Gasteiger partial charge in [-0.1, -0.05) is 11.3 Å². The van der Waals surface area contributed by atoms with Gasteiger partial charge in [-0.15, -0.1) is 5.10 Å². The summed E-state index contributed by atoms with van der Waals surface area (Å²) in [5, 5.41) is 10.9. The minimum absolute atomic E-state index is 0.0308. The summed E-state index contributed by atoms with van der Waals surface area (Å²) in [6, 6.07) is 7.31. The van der Waals surface area contributed by atoms with Crippen LogP contribution in [0.5, 0.6) is 0 Å². The van der Waals surface area contributed by atoms with Crippen LogP contribution in [0.4, 0.5) is 16.3 Å². The Morgan fingerprint density at radius 3 is 2.92 bits per heavy atom. The van der Waals surface area contributed by atoms with E-state index in [1.807, 2.05) is 19.1 Å². The maximum absolute atomic E-state index is 12.7. The number of hydrogen-bond donors (Lipinski definition) is 2. The van der Waals surface area contributed by atoms with Crippen molar-refractivity contribution in [3.8, 4) is 0 Å². The van der Waals surface area contributed by atoms with Crippen LogP contribution in [0, 0.1) is 6.92 Å². The van der Waals surface area contributed by atoms with Crippen molar-refractivity contribution >= 4 is 34.4 Å². The van der Waals surface area contributed by atoms with Crippen LogP contribution < -0.4 is 11.1 Å². The van der Waals surface area contributed by atoms with Crippen molar-refractivity contribution in [1.29, 1.82) is 0 Å². The molecule has 3 rings (SSSR count). The van der Waals surface area contributed by atoms with Gasteiger partial charge >= 0.3 is 6.09 Å². The highest BCUT2D eigenvalue weighted by atomic mass is 16.5. The maximum atomic E-state index is 12.7. The number of benzene rings is 1. The fourth-order valence-corrected chi connectivity index (χ4v) is 2.63. The Balaban J connectivity index is 1.79. The number of nitrogens with two attached hydrogens (primary N) is 1. The molecule has 0 unspecified atom stereocenters. The van der Waals surface area contributed by atoms with Crippen molar-refractivity contribution in [1.82, 2.24) is 19.6 Å². The summed E-state index contributed by atoms with van der Waals surface area (Å²) >= 11 is 0. The minimum atomic E-state index is -0.622. The predicted octanol–water partition coefficient (Wildman–Crippen LogP) is 2.03. The van der Waals surface area contributed by atoms with E-state index in [4.69, 9.17) is 10.5 Å². The van der Waals surface area contributed by atoms with Gasteiger partial charge in [0.2, 0.25) is 0 Å². The van der Waals surface area contributed by atoms with Crippen LogP contribution in [0.3, 0.4) is 0 Å². The summed E-state index contributed by atoms with van der Waals surface area (Å²) in [6.07, 6.45) is 0.841. The van der Waals surface area contributed by atoms with Crippen molar-refractivity contribution in [2.24, 2.45) is 0 Å². The Hall–Kier alpha value is -3.36. The van der Waals surface area contributed by atoms with Crippen LogP contribution in [-0.4, -0.2) is 38.2 Å². The zero-order valence-corrected chi connectivity index (χ0v) is 13.9. The highest BCUT2D eigenvalue weighted by Gasteiger charge is 2.15. The first-order valence-corrected chi connectivity index (χ1v) is 7.73. The Kier molecular flexibility index (Phi) is 4.38. The van der Waals surface area contributed by atoms with Crippen LogP contribution in [0.15, 0.2) is 30.5 Å². The molecule has 1 amide bonds. The number of aromatic nitrogens is 4. The molecule has 0 saturated carbocycles. The zero-order chi connectivity index (χ0) is 18.0. The number of fused-ring (bicyclic) bond motifs is 1. The lowest BCUT2D eigenvalue weighted by atomic mass is 10.2. The van der Waals surface area contributed by atoms with E-state index in [9.17, 15) is 9.59 Å². The summed E-state index contributed by atoms with van der Waals surface area (Å²) in [4.78, 5) is 24.0. The molecule has 3 aromatic rings. The second-order valence-electron chi connectivity index (χ2n) is 5.44. The third kappa shape index (κ3) is 3.30. The number of nitrogens with one attached hydrogen (secondary N) is 1. The Labute approximate surface area is 143 Å². The van der Waals surface area contributed by atoms with E-state index in [0.717, 1.165) is 16.6 Å². The molecule has 2 aromatic heterocycles. The van der Waals surface area contributed by atoms with Gasteiger partial charge in [0, 0.05) is 16.8 Å². The first-order valence-electron chi connectivity index (χ1n) is 7.73. The topological polar surface area (TPSA) is 117 Å². The Bertz CT molecular complexity index is 943. The average Bonchev–Trinajstić information content (AvgIpc) is 3.12. The number of anilines is 2. The Morgan fingerprint density at radius 1 is 1.36 bits per heavy atom. The smallest absolute Gasteiger partial charge is 0.412 e. The number of nitrogen functional groups attached to an aromatic ring is 1. The van der Waals surface area contributed by atoms with Gasteiger partial charge in [-0.2, -0.15) is 0 Å². The fraction of sp³-hybridized carbons (Fsp3) is 0.250. The summed E-state index contributed by atoms with van der Waals surface area (Å²) in [5.41, 5.74) is 8.10. The molecule has 0 bridgehead atoms. The van der Waals surface area contributed by atoms with Crippen LogP contribution in [0.25, 0.3) is 10.9 Å². The van der Waals surface area contributed by atoms with Crippen molar-refractivity contribution in [2.75, 3.05) is 17.7 Å². The molecule has 0 radical (unpaired) electrons. The molecule has 0 atom stereocenters. The molecule has 9 heteroatoms. The lowest BCUT2D eigenvalue weighted by molar-refractivity contribution is 0.0889. The predicted molar refractivity (Wildman–Crippen MR) is 92.4 cm³/mol. The van der Waals surface area contributed by atoms with Gasteiger partial charge in [0.05, 0.1) is 18.3 Å². The number of carbonyl (C=O) groups is 2. The van der Waals surface area contributed by atoms with E-state index in [0.29, 0.717) is 5.69 Å². The first-order chi connectivity index (χ1) is 12.0. The molecule has 0 saturated heterocycles. The summed E-state index contributed by atoms with van der Waals surface area (Å²) < 4.78 is 7.70. The SMILES string of the molecule is CCOC(=O)Nc1cn(CC(=O)n2c(C)cc3c(N)cccc32)nn1. The van der Waals surface area contributed by atoms with E-state index in [2.05, 4.69) is 15.6 Å². The molecule has 3 N–H and O–H groups in total. The quantitative estimate of drug-likeness (QED) is 0.701. The van der Waals surface area contributed by atoms with Gasteiger partial charge in [-0.25, -0.2) is 9.48 Å². The lowest BCUT2D eigenvalue weighted by Gasteiger charge is -2.07. The second-order valence-corrected chi connectivity index (χ2v) is 5.44. The van der Waals surface area contributed by atoms with E-state index in [1.165, 1.54) is 10.9 Å². The Morgan fingerprint density at radius 2 is 2.16 bits per heavy atom. The molecule has 0 spiro atoms. The third-order valence-corrected chi connectivity index (χ3v) is 3.65. The van der Waals surface area contributed by atoms with Crippen LogP contribution in [0.1, 0.15) is 17.4 Å². The average molecular weight is 342 g/mol. The number of hydrogen-bond acceptors (Lipinski definition) is 6. The molecule has 0 aliphatic heterocycles.